The number of esters is 2. The molecule has 0 saturated carbocycles. The van der Waals surface area contributed by atoms with E-state index >= 15 is 0 Å². The van der Waals surface area contributed by atoms with Crippen molar-refractivity contribution in [3.05, 3.63) is 39.5 Å². The van der Waals surface area contributed by atoms with Gasteiger partial charge in [-0.2, -0.15) is 0 Å². The minimum absolute atomic E-state index is 0.0191. The van der Waals surface area contributed by atoms with E-state index in [0.29, 0.717) is 10.2 Å². The van der Waals surface area contributed by atoms with E-state index in [9.17, 15) is 14.4 Å². The van der Waals surface area contributed by atoms with Crippen molar-refractivity contribution in [1.82, 2.24) is 0 Å². The molecular formula is C17H18BrNO5. The Kier molecular flexibility index (Phi) is 4.85. The van der Waals surface area contributed by atoms with Crippen LogP contribution in [0, 0.1) is 12.3 Å². The second-order valence-corrected chi connectivity index (χ2v) is 6.78. The van der Waals surface area contributed by atoms with Crippen molar-refractivity contribution in [3.8, 4) is 0 Å². The molecule has 128 valence electrons. The summed E-state index contributed by atoms with van der Waals surface area (Å²) in [4.78, 5) is 38.8. The largest absolute Gasteiger partial charge is 0.466 e. The normalized spacial score (nSPS) is 16.4. The summed E-state index contributed by atoms with van der Waals surface area (Å²) in [6, 6.07) is 5.34. The van der Waals surface area contributed by atoms with E-state index in [1.807, 2.05) is 19.1 Å². The van der Waals surface area contributed by atoms with Gasteiger partial charge in [0.25, 0.3) is 0 Å². The summed E-state index contributed by atoms with van der Waals surface area (Å²) in [5.41, 5.74) is 0.0746. The maximum Gasteiger partial charge on any atom is 0.355 e. The van der Waals surface area contributed by atoms with E-state index in [1.165, 1.54) is 19.1 Å². The van der Waals surface area contributed by atoms with Gasteiger partial charge in [0.1, 0.15) is 5.70 Å². The van der Waals surface area contributed by atoms with Crippen LogP contribution in [0.15, 0.2) is 33.9 Å². The number of benzene rings is 1. The van der Waals surface area contributed by atoms with E-state index in [2.05, 4.69) is 15.9 Å². The van der Waals surface area contributed by atoms with E-state index in [1.54, 1.807) is 19.9 Å². The molecule has 1 aliphatic heterocycles. The molecule has 0 fully saturated rings. The lowest BCUT2D eigenvalue weighted by Gasteiger charge is -2.23. The number of hydrogen-bond acceptors (Lipinski definition) is 5. The molecular weight excluding hydrogens is 378 g/mol. The molecule has 1 aromatic carbocycles. The number of amides is 1. The fourth-order valence-corrected chi connectivity index (χ4v) is 3.33. The lowest BCUT2D eigenvalue weighted by molar-refractivity contribution is -0.140. The first-order valence-corrected chi connectivity index (χ1v) is 7.98. The average molecular weight is 396 g/mol. The smallest absolute Gasteiger partial charge is 0.355 e. The Hall–Kier alpha value is -2.15. The first-order valence-electron chi connectivity index (χ1n) is 7.18. The van der Waals surface area contributed by atoms with Gasteiger partial charge in [0.05, 0.1) is 30.9 Å². The molecule has 0 radical (unpaired) electrons. The standard InChI is InChI=1S/C17H18BrNO5/c1-9-6-7-11(10(18)8-9)19-13(15(21)24-5)12(14(20)23-4)17(2,3)16(19)22/h6-8H,1-5H3. The van der Waals surface area contributed by atoms with Crippen molar-refractivity contribution >= 4 is 39.5 Å². The van der Waals surface area contributed by atoms with Crippen molar-refractivity contribution in [2.24, 2.45) is 5.41 Å². The summed E-state index contributed by atoms with van der Waals surface area (Å²) in [6.45, 7) is 5.06. The number of carbonyl (C=O) groups is 3. The van der Waals surface area contributed by atoms with E-state index in [-0.39, 0.29) is 11.3 Å². The molecule has 0 aromatic heterocycles. The highest BCUT2D eigenvalue weighted by molar-refractivity contribution is 9.10. The Labute approximate surface area is 148 Å². The summed E-state index contributed by atoms with van der Waals surface area (Å²) in [5.74, 6) is -1.92. The summed E-state index contributed by atoms with van der Waals surface area (Å²) in [7, 11) is 2.40. The van der Waals surface area contributed by atoms with Crippen LogP contribution in [0.2, 0.25) is 0 Å². The lowest BCUT2D eigenvalue weighted by atomic mass is 9.85. The fraction of sp³-hybridized carbons (Fsp3) is 0.353. The highest BCUT2D eigenvalue weighted by Crippen LogP contribution is 2.45. The Morgan fingerprint density at radius 3 is 2.21 bits per heavy atom. The molecule has 1 aromatic rings. The van der Waals surface area contributed by atoms with Gasteiger partial charge in [-0.3, -0.25) is 9.69 Å². The predicted octanol–water partition coefficient (Wildman–Crippen LogP) is 2.73. The zero-order valence-corrected chi connectivity index (χ0v) is 15.7. The molecule has 0 spiro atoms. The quantitative estimate of drug-likeness (QED) is 0.735. The van der Waals surface area contributed by atoms with Gasteiger partial charge in [0, 0.05) is 4.47 Å². The zero-order chi connectivity index (χ0) is 18.2. The highest BCUT2D eigenvalue weighted by Gasteiger charge is 2.53. The summed E-state index contributed by atoms with van der Waals surface area (Å²) in [5, 5.41) is 0. The van der Waals surface area contributed by atoms with E-state index in [0.717, 1.165) is 5.56 Å². The summed E-state index contributed by atoms with van der Waals surface area (Å²) in [6.07, 6.45) is 0. The van der Waals surface area contributed by atoms with Crippen molar-refractivity contribution in [2.45, 2.75) is 20.8 Å². The molecule has 2 rings (SSSR count). The third kappa shape index (κ3) is 2.73. The first kappa shape index (κ1) is 18.2. The zero-order valence-electron chi connectivity index (χ0n) is 14.1. The number of hydrogen-bond donors (Lipinski definition) is 0. The summed E-state index contributed by atoms with van der Waals surface area (Å²) < 4.78 is 10.2. The fourth-order valence-electron chi connectivity index (χ4n) is 2.66. The molecule has 24 heavy (non-hydrogen) atoms. The van der Waals surface area contributed by atoms with Crippen LogP contribution in [0.4, 0.5) is 5.69 Å². The molecule has 1 heterocycles. The molecule has 1 amide bonds. The van der Waals surface area contributed by atoms with Crippen LogP contribution < -0.4 is 4.90 Å². The predicted molar refractivity (Wildman–Crippen MR) is 91.2 cm³/mol. The van der Waals surface area contributed by atoms with Gasteiger partial charge in [0.2, 0.25) is 5.91 Å². The number of methoxy groups -OCH3 is 2. The van der Waals surface area contributed by atoms with Gasteiger partial charge in [-0.05, 0) is 54.4 Å². The van der Waals surface area contributed by atoms with E-state index < -0.39 is 23.3 Å². The second-order valence-electron chi connectivity index (χ2n) is 5.93. The number of anilines is 1. The Balaban J connectivity index is 2.78. The molecule has 0 bridgehead atoms. The van der Waals surface area contributed by atoms with E-state index in [4.69, 9.17) is 9.47 Å². The average Bonchev–Trinajstić information content (AvgIpc) is 2.73. The SMILES string of the molecule is COC(=O)C1=C(C(=O)OC)C(C)(C)C(=O)N1c1ccc(C)cc1Br. The monoisotopic (exact) mass is 395 g/mol. The number of nitrogens with zero attached hydrogens (tertiary/aromatic N) is 1. The van der Waals surface area contributed by atoms with Crippen LogP contribution in [0.5, 0.6) is 0 Å². The number of aryl methyl sites for hydroxylation is 1. The molecule has 1 aliphatic rings. The number of carbonyl (C=O) groups excluding carboxylic acids is 3. The van der Waals surface area contributed by atoms with Gasteiger partial charge in [-0.1, -0.05) is 6.07 Å². The lowest BCUT2D eigenvalue weighted by Crippen LogP contribution is -2.35. The van der Waals surface area contributed by atoms with Crippen molar-refractivity contribution in [1.29, 1.82) is 0 Å². The number of ether oxygens (including phenoxy) is 2. The molecule has 6 nitrogen and oxygen atoms in total. The van der Waals surface area contributed by atoms with Gasteiger partial charge < -0.3 is 9.47 Å². The maximum absolute atomic E-state index is 13.0. The minimum atomic E-state index is -1.22. The Morgan fingerprint density at radius 2 is 1.71 bits per heavy atom. The van der Waals surface area contributed by atoms with Gasteiger partial charge in [0.15, 0.2) is 0 Å². The van der Waals surface area contributed by atoms with Crippen LogP contribution in [-0.4, -0.2) is 32.1 Å². The van der Waals surface area contributed by atoms with Crippen LogP contribution in [0.25, 0.3) is 0 Å². The number of halogens is 1. The Bertz CT molecular complexity index is 766. The van der Waals surface area contributed by atoms with Crippen LogP contribution >= 0.6 is 15.9 Å². The minimum Gasteiger partial charge on any atom is -0.466 e. The topological polar surface area (TPSA) is 72.9 Å². The number of rotatable bonds is 3. The van der Waals surface area contributed by atoms with Gasteiger partial charge in [-0.25, -0.2) is 9.59 Å². The molecule has 7 heteroatoms. The maximum atomic E-state index is 13.0. The molecule has 0 N–H and O–H groups in total. The Morgan fingerprint density at radius 1 is 1.12 bits per heavy atom. The molecule has 0 atom stereocenters. The van der Waals surface area contributed by atoms with Crippen LogP contribution in [0.1, 0.15) is 19.4 Å². The third-order valence-corrected chi connectivity index (χ3v) is 4.57. The van der Waals surface area contributed by atoms with Crippen molar-refractivity contribution in [3.63, 3.8) is 0 Å². The molecule has 0 aliphatic carbocycles. The highest BCUT2D eigenvalue weighted by atomic mass is 79.9. The second kappa shape index (κ2) is 6.39. The third-order valence-electron chi connectivity index (χ3n) is 3.94. The van der Waals surface area contributed by atoms with Crippen molar-refractivity contribution < 1.29 is 23.9 Å². The van der Waals surface area contributed by atoms with Gasteiger partial charge >= 0.3 is 11.9 Å². The van der Waals surface area contributed by atoms with Crippen molar-refractivity contribution in [2.75, 3.05) is 19.1 Å². The van der Waals surface area contributed by atoms with Gasteiger partial charge in [-0.15, -0.1) is 0 Å². The van der Waals surface area contributed by atoms with Crippen LogP contribution in [-0.2, 0) is 23.9 Å². The first-order chi connectivity index (χ1) is 11.2. The summed E-state index contributed by atoms with van der Waals surface area (Å²) >= 11 is 3.41. The molecule has 0 saturated heterocycles. The van der Waals surface area contributed by atoms with Crippen LogP contribution in [0.3, 0.4) is 0 Å². The molecule has 0 unspecified atom stereocenters.